The van der Waals surface area contributed by atoms with Crippen LogP contribution < -0.4 is 0 Å². The van der Waals surface area contributed by atoms with Crippen LogP contribution in [0.4, 0.5) is 0 Å². The third-order valence-corrected chi connectivity index (χ3v) is 1.69. The standard InChI is InChI=1S/C9H9N3/c1-2-3-9-11-6-8-7(12-9)4-5-10-8/h2,4-6H,1,3H2,(H,11,12). The van der Waals surface area contributed by atoms with E-state index < -0.39 is 0 Å². The van der Waals surface area contributed by atoms with Gasteiger partial charge in [-0.05, 0) is 6.07 Å². The number of H-pyrrole nitrogens is 1. The first-order valence-electron chi connectivity index (χ1n) is 3.79. The Labute approximate surface area is 70.5 Å². The number of nitrogens with one attached hydrogen (secondary N) is 1. The van der Waals surface area contributed by atoms with E-state index in [-0.39, 0.29) is 0 Å². The molecular formula is C9H9N3. The molecule has 0 aromatic heterocycles. The lowest BCUT2D eigenvalue weighted by atomic mass is 10.3. The molecule has 0 unspecified atom stereocenters. The maximum absolute atomic E-state index is 4.18. The average molecular weight is 159 g/mol. The second-order valence-electron chi connectivity index (χ2n) is 2.57. The van der Waals surface area contributed by atoms with E-state index in [1.807, 2.05) is 12.1 Å². The van der Waals surface area contributed by atoms with Crippen LogP contribution in [0.5, 0.6) is 0 Å². The quantitative estimate of drug-likeness (QED) is 0.677. The first kappa shape index (κ1) is 7.03. The highest BCUT2D eigenvalue weighted by Gasteiger charge is 2.03. The molecule has 3 heteroatoms. The lowest BCUT2D eigenvalue weighted by Gasteiger charge is -2.00. The fraction of sp³-hybridized carbons (Fsp3) is 0.111. The number of rotatable bonds is 2. The van der Waals surface area contributed by atoms with Gasteiger partial charge < -0.3 is 4.98 Å². The van der Waals surface area contributed by atoms with Crippen molar-refractivity contribution in [1.82, 2.24) is 15.0 Å². The van der Waals surface area contributed by atoms with Gasteiger partial charge in [0.05, 0.1) is 11.9 Å². The predicted molar refractivity (Wildman–Crippen MR) is 46.9 cm³/mol. The molecule has 0 radical (unpaired) electrons. The van der Waals surface area contributed by atoms with Crippen molar-refractivity contribution in [3.8, 4) is 11.4 Å². The van der Waals surface area contributed by atoms with Gasteiger partial charge in [-0.2, -0.15) is 0 Å². The molecule has 0 fully saturated rings. The van der Waals surface area contributed by atoms with Crippen molar-refractivity contribution >= 4 is 0 Å². The van der Waals surface area contributed by atoms with E-state index in [9.17, 15) is 0 Å². The van der Waals surface area contributed by atoms with Gasteiger partial charge in [-0.3, -0.25) is 4.98 Å². The largest absolute Gasteiger partial charge is 0.342 e. The lowest BCUT2D eigenvalue weighted by molar-refractivity contribution is 0.990. The summed E-state index contributed by atoms with van der Waals surface area (Å²) >= 11 is 0. The zero-order chi connectivity index (χ0) is 8.39. The molecule has 0 amide bonds. The van der Waals surface area contributed by atoms with Gasteiger partial charge >= 0.3 is 0 Å². The minimum absolute atomic E-state index is 0.765. The maximum Gasteiger partial charge on any atom is 0.110 e. The zero-order valence-corrected chi connectivity index (χ0v) is 6.62. The first-order valence-corrected chi connectivity index (χ1v) is 3.79. The summed E-state index contributed by atoms with van der Waals surface area (Å²) in [5.74, 6) is 0.922. The molecule has 12 heavy (non-hydrogen) atoms. The first-order chi connectivity index (χ1) is 5.90. The van der Waals surface area contributed by atoms with Gasteiger partial charge in [0.1, 0.15) is 11.5 Å². The topological polar surface area (TPSA) is 41.6 Å². The molecule has 0 saturated carbocycles. The molecule has 0 spiro atoms. The van der Waals surface area contributed by atoms with Crippen molar-refractivity contribution in [3.63, 3.8) is 0 Å². The molecule has 0 bridgehead atoms. The van der Waals surface area contributed by atoms with Crippen LogP contribution in [-0.2, 0) is 6.42 Å². The van der Waals surface area contributed by atoms with Gasteiger partial charge in [0, 0.05) is 12.6 Å². The van der Waals surface area contributed by atoms with Crippen LogP contribution in [0.1, 0.15) is 5.82 Å². The number of fused-ring (bicyclic) bond motifs is 1. The SMILES string of the molecule is C=CCc1ncc2nccc-2[nH]1. The number of aromatic amines is 1. The third-order valence-electron chi connectivity index (χ3n) is 1.69. The summed E-state index contributed by atoms with van der Waals surface area (Å²) in [7, 11) is 0. The highest BCUT2D eigenvalue weighted by molar-refractivity contribution is 5.54. The van der Waals surface area contributed by atoms with Gasteiger partial charge in [0.15, 0.2) is 0 Å². The van der Waals surface area contributed by atoms with Gasteiger partial charge in [-0.1, -0.05) is 6.08 Å². The highest BCUT2D eigenvalue weighted by Crippen LogP contribution is 2.15. The second kappa shape index (κ2) is 2.77. The van der Waals surface area contributed by atoms with Crippen molar-refractivity contribution in [2.24, 2.45) is 0 Å². The Bertz CT molecular complexity index is 364. The van der Waals surface area contributed by atoms with Crippen LogP contribution in [0.15, 0.2) is 31.1 Å². The van der Waals surface area contributed by atoms with E-state index in [0.717, 1.165) is 23.6 Å². The number of hydrogen-bond acceptors (Lipinski definition) is 2. The minimum Gasteiger partial charge on any atom is -0.342 e. The Morgan fingerprint density at radius 3 is 3.25 bits per heavy atom. The molecule has 0 aromatic carbocycles. The molecule has 0 aliphatic carbocycles. The molecule has 2 rings (SSSR count). The van der Waals surface area contributed by atoms with Crippen LogP contribution in [0.25, 0.3) is 11.4 Å². The molecule has 0 aromatic rings. The summed E-state index contributed by atoms with van der Waals surface area (Å²) in [6, 6.07) is 1.93. The molecule has 2 aliphatic heterocycles. The monoisotopic (exact) mass is 159 g/mol. The Morgan fingerprint density at radius 1 is 1.50 bits per heavy atom. The summed E-state index contributed by atoms with van der Waals surface area (Å²) < 4.78 is 0. The third kappa shape index (κ3) is 1.09. The lowest BCUT2D eigenvalue weighted by Crippen LogP contribution is -1.94. The Balaban J connectivity index is 2.47. The van der Waals surface area contributed by atoms with Gasteiger partial charge in [-0.15, -0.1) is 6.58 Å². The van der Waals surface area contributed by atoms with Crippen LogP contribution in [0, 0.1) is 0 Å². The predicted octanol–water partition coefficient (Wildman–Crippen LogP) is 1.64. The average Bonchev–Trinajstić information content (AvgIpc) is 2.51. The molecule has 0 atom stereocenters. The van der Waals surface area contributed by atoms with E-state index in [2.05, 4.69) is 21.5 Å². The number of aromatic nitrogens is 3. The van der Waals surface area contributed by atoms with Gasteiger partial charge in [0.25, 0.3) is 0 Å². The Hall–Kier alpha value is -1.64. The van der Waals surface area contributed by atoms with Gasteiger partial charge in [-0.25, -0.2) is 4.98 Å². The summed E-state index contributed by atoms with van der Waals surface area (Å²) in [5.41, 5.74) is 1.93. The minimum atomic E-state index is 0.765. The molecule has 0 saturated heterocycles. The number of allylic oxidation sites excluding steroid dienone is 1. The molecule has 2 heterocycles. The number of hydrogen-bond donors (Lipinski definition) is 1. The zero-order valence-electron chi connectivity index (χ0n) is 6.62. The van der Waals surface area contributed by atoms with Crippen LogP contribution >= 0.6 is 0 Å². The van der Waals surface area contributed by atoms with Crippen molar-refractivity contribution in [2.45, 2.75) is 6.42 Å². The number of nitrogens with zero attached hydrogens (tertiary/aromatic N) is 2. The normalized spacial score (nSPS) is 10.3. The smallest absolute Gasteiger partial charge is 0.110 e. The summed E-state index contributed by atoms with van der Waals surface area (Å²) in [4.78, 5) is 11.4. The van der Waals surface area contributed by atoms with Crippen molar-refractivity contribution in [3.05, 3.63) is 36.9 Å². The highest BCUT2D eigenvalue weighted by atomic mass is 14.9. The van der Waals surface area contributed by atoms with Gasteiger partial charge in [0.2, 0.25) is 0 Å². The van der Waals surface area contributed by atoms with Crippen molar-refractivity contribution in [2.75, 3.05) is 0 Å². The molecule has 3 nitrogen and oxygen atoms in total. The van der Waals surface area contributed by atoms with E-state index in [4.69, 9.17) is 0 Å². The van der Waals surface area contributed by atoms with E-state index in [1.165, 1.54) is 0 Å². The fourth-order valence-electron chi connectivity index (χ4n) is 1.12. The van der Waals surface area contributed by atoms with E-state index in [1.54, 1.807) is 12.4 Å². The van der Waals surface area contributed by atoms with Crippen LogP contribution in [0.2, 0.25) is 0 Å². The molecular weight excluding hydrogens is 150 g/mol. The fourth-order valence-corrected chi connectivity index (χ4v) is 1.12. The van der Waals surface area contributed by atoms with Crippen molar-refractivity contribution < 1.29 is 0 Å². The Kier molecular flexibility index (Phi) is 1.63. The van der Waals surface area contributed by atoms with Crippen molar-refractivity contribution in [1.29, 1.82) is 0 Å². The summed E-state index contributed by atoms with van der Waals surface area (Å²) in [6.07, 6.45) is 6.12. The maximum atomic E-state index is 4.18. The van der Waals surface area contributed by atoms with Crippen LogP contribution in [-0.4, -0.2) is 15.0 Å². The molecule has 2 aliphatic rings. The van der Waals surface area contributed by atoms with E-state index in [0.29, 0.717) is 0 Å². The second-order valence-corrected chi connectivity index (χ2v) is 2.57. The molecule has 60 valence electrons. The summed E-state index contributed by atoms with van der Waals surface area (Å²) in [5, 5.41) is 0. The summed E-state index contributed by atoms with van der Waals surface area (Å²) in [6.45, 7) is 3.65. The van der Waals surface area contributed by atoms with E-state index >= 15 is 0 Å². The van der Waals surface area contributed by atoms with Crippen LogP contribution in [0.3, 0.4) is 0 Å². The Morgan fingerprint density at radius 2 is 2.42 bits per heavy atom. The molecule has 1 N–H and O–H groups in total.